The SMILES string of the molecule is O=C(O)CCn1nc(-c2cc3ccccc3o2)n(Cc2ccccc2)c1=S. The van der Waals surface area contributed by atoms with Gasteiger partial charge in [-0.2, -0.15) is 0 Å². The van der Waals surface area contributed by atoms with Gasteiger partial charge in [-0.15, -0.1) is 5.10 Å². The lowest BCUT2D eigenvalue weighted by atomic mass is 10.2. The monoisotopic (exact) mass is 379 g/mol. The molecule has 4 aromatic rings. The van der Waals surface area contributed by atoms with Crippen LogP contribution in [0.4, 0.5) is 0 Å². The van der Waals surface area contributed by atoms with Gasteiger partial charge >= 0.3 is 5.97 Å². The summed E-state index contributed by atoms with van der Waals surface area (Å²) in [6.07, 6.45) is -0.0454. The van der Waals surface area contributed by atoms with E-state index >= 15 is 0 Å². The van der Waals surface area contributed by atoms with E-state index in [0.29, 0.717) is 22.9 Å². The zero-order valence-electron chi connectivity index (χ0n) is 14.4. The fourth-order valence-electron chi connectivity index (χ4n) is 2.97. The van der Waals surface area contributed by atoms with E-state index in [2.05, 4.69) is 5.10 Å². The Kier molecular flexibility index (Phi) is 4.60. The van der Waals surface area contributed by atoms with Gasteiger partial charge in [-0.1, -0.05) is 48.5 Å². The van der Waals surface area contributed by atoms with E-state index in [1.54, 1.807) is 4.68 Å². The molecule has 0 radical (unpaired) electrons. The number of carboxylic acids is 1. The minimum absolute atomic E-state index is 0.0454. The molecule has 0 amide bonds. The number of nitrogens with zero attached hydrogens (tertiary/aromatic N) is 3. The van der Waals surface area contributed by atoms with Crippen molar-refractivity contribution in [3.05, 3.63) is 71.0 Å². The van der Waals surface area contributed by atoms with Crippen molar-refractivity contribution in [3.8, 4) is 11.6 Å². The highest BCUT2D eigenvalue weighted by molar-refractivity contribution is 7.71. The number of hydrogen-bond acceptors (Lipinski definition) is 4. The van der Waals surface area contributed by atoms with Crippen molar-refractivity contribution < 1.29 is 14.3 Å². The van der Waals surface area contributed by atoms with Crippen molar-refractivity contribution in [1.82, 2.24) is 14.3 Å². The summed E-state index contributed by atoms with van der Waals surface area (Å²) in [5.74, 6) is 0.303. The number of aliphatic carboxylic acids is 1. The van der Waals surface area contributed by atoms with Crippen LogP contribution in [0.5, 0.6) is 0 Å². The molecule has 0 fully saturated rings. The van der Waals surface area contributed by atoms with E-state index in [1.165, 1.54) is 0 Å². The van der Waals surface area contributed by atoms with E-state index in [9.17, 15) is 4.79 Å². The first-order valence-electron chi connectivity index (χ1n) is 8.54. The molecular formula is C20H17N3O3S. The van der Waals surface area contributed by atoms with Gasteiger partial charge in [0.05, 0.1) is 19.5 Å². The third-order valence-corrected chi connectivity index (χ3v) is 4.72. The average molecular weight is 379 g/mol. The number of furan rings is 1. The molecule has 7 heteroatoms. The standard InChI is InChI=1S/C20H17N3O3S/c24-18(25)10-11-23-20(27)22(13-14-6-2-1-3-7-14)19(21-23)17-12-15-8-4-5-9-16(15)26-17/h1-9,12H,10-11,13H2,(H,24,25). The molecule has 0 unspecified atom stereocenters. The lowest BCUT2D eigenvalue weighted by molar-refractivity contribution is -0.137. The Labute approximate surface area is 160 Å². The second-order valence-electron chi connectivity index (χ2n) is 6.19. The van der Waals surface area contributed by atoms with Gasteiger partial charge in [0.25, 0.3) is 0 Å². The maximum Gasteiger partial charge on any atom is 0.305 e. The van der Waals surface area contributed by atoms with Crippen LogP contribution in [0.1, 0.15) is 12.0 Å². The van der Waals surface area contributed by atoms with E-state index in [-0.39, 0.29) is 13.0 Å². The van der Waals surface area contributed by atoms with Gasteiger partial charge < -0.3 is 9.52 Å². The summed E-state index contributed by atoms with van der Waals surface area (Å²) in [5, 5.41) is 14.5. The lowest BCUT2D eigenvalue weighted by Crippen LogP contribution is -2.07. The maximum atomic E-state index is 11.0. The minimum atomic E-state index is -0.889. The van der Waals surface area contributed by atoms with Crippen LogP contribution in [-0.4, -0.2) is 25.4 Å². The number of carboxylic acid groups (broad SMARTS) is 1. The van der Waals surface area contributed by atoms with Gasteiger partial charge in [0.2, 0.25) is 0 Å². The largest absolute Gasteiger partial charge is 0.481 e. The molecule has 1 N–H and O–H groups in total. The van der Waals surface area contributed by atoms with Gasteiger partial charge in [0, 0.05) is 5.39 Å². The average Bonchev–Trinajstić information content (AvgIpc) is 3.23. The Bertz CT molecular complexity index is 1130. The quantitative estimate of drug-likeness (QED) is 0.504. The molecule has 0 aliphatic rings. The number of para-hydroxylation sites is 1. The summed E-state index contributed by atoms with van der Waals surface area (Å²) < 4.78 is 9.86. The minimum Gasteiger partial charge on any atom is -0.481 e. The highest BCUT2D eigenvalue weighted by Crippen LogP contribution is 2.27. The van der Waals surface area contributed by atoms with Gasteiger partial charge in [0.15, 0.2) is 16.4 Å². The lowest BCUT2D eigenvalue weighted by Gasteiger charge is -2.05. The van der Waals surface area contributed by atoms with Crippen LogP contribution in [0.2, 0.25) is 0 Å². The van der Waals surface area contributed by atoms with Crippen molar-refractivity contribution in [1.29, 1.82) is 0 Å². The van der Waals surface area contributed by atoms with Crippen LogP contribution in [-0.2, 0) is 17.9 Å². The first kappa shape index (κ1) is 17.2. The third kappa shape index (κ3) is 3.54. The van der Waals surface area contributed by atoms with Crippen LogP contribution in [0.15, 0.2) is 65.1 Å². The topological polar surface area (TPSA) is 73.2 Å². The second-order valence-corrected chi connectivity index (χ2v) is 6.56. The number of carbonyl (C=O) groups is 1. The Morgan fingerprint density at radius 2 is 1.85 bits per heavy atom. The number of hydrogen-bond donors (Lipinski definition) is 1. The normalized spacial score (nSPS) is 11.1. The molecule has 0 saturated carbocycles. The molecule has 2 aromatic heterocycles. The van der Waals surface area contributed by atoms with Crippen LogP contribution >= 0.6 is 12.2 Å². The number of aromatic nitrogens is 3. The molecule has 6 nitrogen and oxygen atoms in total. The fourth-order valence-corrected chi connectivity index (χ4v) is 3.25. The van der Waals surface area contributed by atoms with Gasteiger partial charge in [-0.25, -0.2) is 4.68 Å². The van der Waals surface area contributed by atoms with Crippen LogP contribution in [0.25, 0.3) is 22.6 Å². The smallest absolute Gasteiger partial charge is 0.305 e. The number of aryl methyl sites for hydroxylation is 1. The Hall–Kier alpha value is -3.19. The summed E-state index contributed by atoms with van der Waals surface area (Å²) in [5.41, 5.74) is 1.84. The van der Waals surface area contributed by atoms with Crippen molar-refractivity contribution in [2.45, 2.75) is 19.5 Å². The molecule has 136 valence electrons. The second kappa shape index (κ2) is 7.20. The Balaban J connectivity index is 1.81. The molecule has 0 atom stereocenters. The Morgan fingerprint density at radius 1 is 1.11 bits per heavy atom. The summed E-state index contributed by atoms with van der Waals surface area (Å²) in [6.45, 7) is 0.738. The molecule has 27 heavy (non-hydrogen) atoms. The van der Waals surface area contributed by atoms with Gasteiger partial charge in [0.1, 0.15) is 5.58 Å². The van der Waals surface area contributed by atoms with Crippen LogP contribution in [0, 0.1) is 4.77 Å². The summed E-state index contributed by atoms with van der Waals surface area (Å²) in [6, 6.07) is 19.6. The molecule has 0 aliphatic carbocycles. The van der Waals surface area contributed by atoms with Crippen LogP contribution < -0.4 is 0 Å². The highest BCUT2D eigenvalue weighted by atomic mass is 32.1. The van der Waals surface area contributed by atoms with Crippen molar-refractivity contribution in [3.63, 3.8) is 0 Å². The third-order valence-electron chi connectivity index (χ3n) is 4.29. The van der Waals surface area contributed by atoms with E-state index < -0.39 is 5.97 Å². The van der Waals surface area contributed by atoms with Crippen molar-refractivity contribution >= 4 is 29.2 Å². The molecule has 2 heterocycles. The summed E-state index contributed by atoms with van der Waals surface area (Å²) >= 11 is 5.57. The van der Waals surface area contributed by atoms with E-state index in [0.717, 1.165) is 16.5 Å². The molecule has 0 spiro atoms. The predicted molar refractivity (Wildman–Crippen MR) is 104 cm³/mol. The van der Waals surface area contributed by atoms with Gasteiger partial charge in [-0.3, -0.25) is 9.36 Å². The van der Waals surface area contributed by atoms with Crippen LogP contribution in [0.3, 0.4) is 0 Å². The predicted octanol–water partition coefficient (Wildman–Crippen LogP) is 4.35. The molecule has 0 bridgehead atoms. The number of benzene rings is 2. The Morgan fingerprint density at radius 3 is 2.59 bits per heavy atom. The molecule has 0 saturated heterocycles. The molecule has 4 rings (SSSR count). The highest BCUT2D eigenvalue weighted by Gasteiger charge is 2.17. The first-order valence-corrected chi connectivity index (χ1v) is 8.95. The molecular weight excluding hydrogens is 362 g/mol. The number of fused-ring (bicyclic) bond motifs is 1. The fraction of sp³-hybridized carbons (Fsp3) is 0.150. The maximum absolute atomic E-state index is 11.0. The number of rotatable bonds is 6. The van der Waals surface area contributed by atoms with E-state index in [1.807, 2.05) is 65.2 Å². The zero-order chi connectivity index (χ0) is 18.8. The molecule has 0 aliphatic heterocycles. The van der Waals surface area contributed by atoms with Gasteiger partial charge in [-0.05, 0) is 29.9 Å². The zero-order valence-corrected chi connectivity index (χ0v) is 15.2. The van der Waals surface area contributed by atoms with E-state index in [4.69, 9.17) is 21.7 Å². The molecule has 2 aromatic carbocycles. The summed E-state index contributed by atoms with van der Waals surface area (Å²) in [7, 11) is 0. The summed E-state index contributed by atoms with van der Waals surface area (Å²) in [4.78, 5) is 11.0. The first-order chi connectivity index (χ1) is 13.1. The van der Waals surface area contributed by atoms with Crippen molar-refractivity contribution in [2.75, 3.05) is 0 Å². The van der Waals surface area contributed by atoms with Crippen molar-refractivity contribution in [2.24, 2.45) is 0 Å².